The first-order chi connectivity index (χ1) is 9.24. The molecule has 4 heteroatoms. The van der Waals surface area contributed by atoms with E-state index in [1.807, 2.05) is 26.0 Å². The van der Waals surface area contributed by atoms with Gasteiger partial charge in [0.15, 0.2) is 0 Å². The van der Waals surface area contributed by atoms with E-state index >= 15 is 0 Å². The summed E-state index contributed by atoms with van der Waals surface area (Å²) in [5.41, 5.74) is 1.84. The van der Waals surface area contributed by atoms with Gasteiger partial charge in [-0.2, -0.15) is 4.99 Å². The molecule has 0 saturated carbocycles. The molecule has 20 heavy (non-hydrogen) atoms. The highest BCUT2D eigenvalue weighted by Crippen LogP contribution is 2.26. The zero-order valence-electron chi connectivity index (χ0n) is 12.4. The maximum absolute atomic E-state index is 10.3. The molecule has 0 aromatic heterocycles. The van der Waals surface area contributed by atoms with Gasteiger partial charge in [-0.1, -0.05) is 44.7 Å². The van der Waals surface area contributed by atoms with E-state index in [1.165, 1.54) is 5.56 Å². The van der Waals surface area contributed by atoms with Gasteiger partial charge in [-0.15, -0.1) is 0 Å². The average molecular weight is 275 g/mol. The van der Waals surface area contributed by atoms with Gasteiger partial charge in [0.1, 0.15) is 0 Å². The maximum Gasteiger partial charge on any atom is 0.327 e. The Bertz CT molecular complexity index is 512. The molecule has 0 heterocycles. The summed E-state index contributed by atoms with van der Waals surface area (Å²) < 4.78 is 0. The number of carbonyl (C=O) groups is 1. The number of aliphatic carboxylic acids is 1. The molecular weight excluding hydrogens is 254 g/mol. The summed E-state index contributed by atoms with van der Waals surface area (Å²) in [7, 11) is 0. The van der Waals surface area contributed by atoms with Crippen LogP contribution in [0.15, 0.2) is 41.9 Å². The van der Waals surface area contributed by atoms with Crippen molar-refractivity contribution in [2.45, 2.75) is 39.2 Å². The summed E-state index contributed by atoms with van der Waals surface area (Å²) in [5, 5.41) is 7.60. The van der Waals surface area contributed by atoms with Crippen LogP contribution in [0, 0.1) is 0 Å². The van der Waals surface area contributed by atoms with E-state index in [0.29, 0.717) is 5.92 Å². The van der Waals surface area contributed by atoms with E-state index in [4.69, 9.17) is 5.11 Å². The molecule has 0 atom stereocenters. The summed E-state index contributed by atoms with van der Waals surface area (Å²) >= 11 is 0. The first-order valence-electron chi connectivity index (χ1n) is 6.29. The Morgan fingerprint density at radius 1 is 1.45 bits per heavy atom. The molecule has 0 aliphatic carbocycles. The van der Waals surface area contributed by atoms with E-state index in [-0.39, 0.29) is 0 Å². The predicted molar refractivity (Wildman–Crippen MR) is 79.5 cm³/mol. The van der Waals surface area contributed by atoms with Crippen LogP contribution in [0.25, 0.3) is 0 Å². The van der Waals surface area contributed by atoms with E-state index in [2.05, 4.69) is 37.6 Å². The minimum atomic E-state index is -0.981. The fourth-order valence-electron chi connectivity index (χ4n) is 1.46. The second-order valence-corrected chi connectivity index (χ2v) is 5.08. The average Bonchev–Trinajstić information content (AvgIpc) is 2.39. The normalized spacial score (nSPS) is 10.1. The molecule has 1 N–H and O–H groups in total. The molecular formula is C16H21NO3. The maximum atomic E-state index is 10.3. The van der Waals surface area contributed by atoms with Crippen molar-refractivity contribution in [3.8, 4) is 0 Å². The van der Waals surface area contributed by atoms with Crippen LogP contribution in [-0.2, 0) is 15.1 Å². The number of carbonyl (C=O) groups excluding carboxylic acids is 1. The van der Waals surface area contributed by atoms with Gasteiger partial charge in [0.2, 0.25) is 6.08 Å². The molecule has 0 radical (unpaired) electrons. The van der Waals surface area contributed by atoms with Gasteiger partial charge in [0, 0.05) is 6.08 Å². The number of nitrogens with zero attached hydrogens (tertiary/aromatic N) is 1. The summed E-state index contributed by atoms with van der Waals surface area (Å²) in [4.78, 5) is 23.4. The predicted octanol–water partition coefficient (Wildman–Crippen LogP) is 3.64. The Labute approximate surface area is 119 Å². The van der Waals surface area contributed by atoms with Crippen molar-refractivity contribution < 1.29 is 14.7 Å². The first kappa shape index (κ1) is 17.8. The molecule has 108 valence electrons. The molecule has 0 amide bonds. The van der Waals surface area contributed by atoms with E-state index in [9.17, 15) is 9.59 Å². The molecule has 0 bridgehead atoms. The molecule has 1 aromatic rings. The number of carboxylic acids is 1. The lowest BCUT2D eigenvalue weighted by atomic mass is 9.91. The number of rotatable bonds is 4. The second kappa shape index (κ2) is 8.08. The Balaban J connectivity index is 0.000000621. The lowest BCUT2D eigenvalue weighted by Gasteiger charge is -2.19. The number of isocyanates is 1. The molecule has 1 rings (SSSR count). The lowest BCUT2D eigenvalue weighted by Crippen LogP contribution is -2.13. The first-order valence-corrected chi connectivity index (χ1v) is 6.29. The van der Waals surface area contributed by atoms with E-state index in [0.717, 1.165) is 11.6 Å². The van der Waals surface area contributed by atoms with Crippen molar-refractivity contribution >= 4 is 12.0 Å². The van der Waals surface area contributed by atoms with Gasteiger partial charge in [0.05, 0.1) is 5.54 Å². The van der Waals surface area contributed by atoms with Crippen molar-refractivity contribution in [3.63, 3.8) is 0 Å². The zero-order chi connectivity index (χ0) is 15.8. The number of carboxylic acid groups (broad SMARTS) is 1. The minimum Gasteiger partial charge on any atom is -0.478 e. The minimum absolute atomic E-state index is 0.480. The third kappa shape index (κ3) is 6.12. The highest BCUT2D eigenvalue weighted by atomic mass is 16.4. The number of hydrogen-bond donors (Lipinski definition) is 1. The molecule has 0 aliphatic heterocycles. The fraction of sp³-hybridized carbons (Fsp3) is 0.375. The Kier molecular flexibility index (Phi) is 7.19. The van der Waals surface area contributed by atoms with Crippen molar-refractivity contribution in [2.24, 2.45) is 4.99 Å². The van der Waals surface area contributed by atoms with Crippen LogP contribution in [0.5, 0.6) is 0 Å². The molecule has 1 aromatic carbocycles. The molecule has 0 unspecified atom stereocenters. The van der Waals surface area contributed by atoms with Crippen LogP contribution in [0.1, 0.15) is 44.7 Å². The van der Waals surface area contributed by atoms with Crippen LogP contribution in [0.4, 0.5) is 0 Å². The van der Waals surface area contributed by atoms with Crippen LogP contribution < -0.4 is 0 Å². The Hall–Kier alpha value is -2.19. The highest BCUT2D eigenvalue weighted by molar-refractivity contribution is 5.78. The van der Waals surface area contributed by atoms with E-state index in [1.54, 1.807) is 6.08 Å². The third-order valence-electron chi connectivity index (χ3n) is 2.76. The smallest absolute Gasteiger partial charge is 0.327 e. The van der Waals surface area contributed by atoms with Crippen LogP contribution in [0.2, 0.25) is 0 Å². The third-order valence-corrected chi connectivity index (χ3v) is 2.76. The summed E-state index contributed by atoms with van der Waals surface area (Å²) in [6, 6.07) is 8.19. The van der Waals surface area contributed by atoms with Gasteiger partial charge >= 0.3 is 5.97 Å². The lowest BCUT2D eigenvalue weighted by molar-refractivity contribution is -0.131. The highest BCUT2D eigenvalue weighted by Gasteiger charge is 2.19. The number of hydrogen-bond acceptors (Lipinski definition) is 3. The Morgan fingerprint density at radius 3 is 2.40 bits per heavy atom. The molecule has 0 saturated heterocycles. The van der Waals surface area contributed by atoms with Crippen LogP contribution >= 0.6 is 0 Å². The fourth-order valence-corrected chi connectivity index (χ4v) is 1.46. The molecule has 0 aliphatic rings. The largest absolute Gasteiger partial charge is 0.478 e. The van der Waals surface area contributed by atoms with Crippen molar-refractivity contribution in [1.29, 1.82) is 0 Å². The monoisotopic (exact) mass is 275 g/mol. The molecule has 4 nitrogen and oxygen atoms in total. The van der Waals surface area contributed by atoms with Gasteiger partial charge in [0.25, 0.3) is 0 Å². The quantitative estimate of drug-likeness (QED) is 0.518. The topological polar surface area (TPSA) is 66.7 Å². The van der Waals surface area contributed by atoms with E-state index < -0.39 is 11.5 Å². The standard InChI is InChI=1S/C13H17NO.C3H4O2/c1-10(2)11-6-5-7-12(8-11)13(3,4)14-9-15;1-2-3(4)5/h5-8,10H,1-4H3;2H,1H2,(H,4,5). The Morgan fingerprint density at radius 2 is 2.00 bits per heavy atom. The van der Waals surface area contributed by atoms with Crippen molar-refractivity contribution in [1.82, 2.24) is 0 Å². The SMILES string of the molecule is C=CC(=O)O.CC(C)c1cccc(C(C)(C)N=C=O)c1. The van der Waals surface area contributed by atoms with Crippen molar-refractivity contribution in [3.05, 3.63) is 48.0 Å². The van der Waals surface area contributed by atoms with Gasteiger partial charge in [-0.25, -0.2) is 9.59 Å². The summed E-state index contributed by atoms with van der Waals surface area (Å²) in [6.45, 7) is 11.1. The summed E-state index contributed by atoms with van der Waals surface area (Å²) in [5.74, 6) is -0.494. The number of aliphatic imine (C=N–C) groups is 1. The van der Waals surface area contributed by atoms with Crippen LogP contribution in [-0.4, -0.2) is 17.2 Å². The van der Waals surface area contributed by atoms with Gasteiger partial charge < -0.3 is 5.11 Å². The molecule has 0 spiro atoms. The van der Waals surface area contributed by atoms with Gasteiger partial charge in [-0.3, -0.25) is 0 Å². The molecule has 0 fully saturated rings. The summed E-state index contributed by atoms with van der Waals surface area (Å²) in [6.07, 6.45) is 2.46. The second-order valence-electron chi connectivity index (χ2n) is 5.08. The van der Waals surface area contributed by atoms with Crippen LogP contribution in [0.3, 0.4) is 0 Å². The zero-order valence-corrected chi connectivity index (χ0v) is 12.4. The van der Waals surface area contributed by atoms with Gasteiger partial charge in [-0.05, 0) is 30.9 Å². The number of benzene rings is 1. The van der Waals surface area contributed by atoms with Crippen molar-refractivity contribution in [2.75, 3.05) is 0 Å².